The summed E-state index contributed by atoms with van der Waals surface area (Å²) >= 11 is 0. The second-order valence-corrected chi connectivity index (χ2v) is 10.7. The van der Waals surface area contributed by atoms with E-state index in [0.29, 0.717) is 11.3 Å². The zero-order valence-electron chi connectivity index (χ0n) is 22.2. The molecule has 38 heavy (non-hydrogen) atoms. The zero-order valence-corrected chi connectivity index (χ0v) is 22.2. The van der Waals surface area contributed by atoms with Crippen LogP contribution in [0.3, 0.4) is 0 Å². The SMILES string of the molecule is C=CCN1CCC2(c3cccc(OC(C)=O)c3)CC(NC(=O)c3ccc4ccccc4c3)CCC2(OC)C1. The van der Waals surface area contributed by atoms with Crippen LogP contribution in [-0.2, 0) is 14.9 Å². The lowest BCUT2D eigenvalue weighted by molar-refractivity contribution is -0.146. The van der Waals surface area contributed by atoms with Gasteiger partial charge in [0.25, 0.3) is 5.91 Å². The average molecular weight is 513 g/mol. The quantitative estimate of drug-likeness (QED) is 0.266. The Kier molecular flexibility index (Phi) is 7.37. The average Bonchev–Trinajstić information content (AvgIpc) is 2.92. The van der Waals surface area contributed by atoms with Gasteiger partial charge in [0, 0.05) is 44.1 Å². The Morgan fingerprint density at radius 3 is 2.66 bits per heavy atom. The molecule has 3 aromatic rings. The second kappa shape index (κ2) is 10.7. The van der Waals surface area contributed by atoms with Crippen LogP contribution >= 0.6 is 0 Å². The number of nitrogens with one attached hydrogen (secondary N) is 1. The van der Waals surface area contributed by atoms with E-state index in [0.717, 1.165) is 61.7 Å². The van der Waals surface area contributed by atoms with E-state index in [4.69, 9.17) is 9.47 Å². The van der Waals surface area contributed by atoms with Gasteiger partial charge >= 0.3 is 5.97 Å². The Bertz CT molecular complexity index is 1350. The highest BCUT2D eigenvalue weighted by molar-refractivity contribution is 5.98. The van der Waals surface area contributed by atoms with E-state index in [2.05, 4.69) is 28.9 Å². The first-order chi connectivity index (χ1) is 18.4. The Labute approximate surface area is 224 Å². The van der Waals surface area contributed by atoms with Gasteiger partial charge in [0.15, 0.2) is 0 Å². The van der Waals surface area contributed by atoms with Crippen LogP contribution in [0.15, 0.2) is 79.4 Å². The number of fused-ring (bicyclic) bond motifs is 2. The number of piperidine rings is 1. The molecule has 5 rings (SSSR count). The van der Waals surface area contributed by atoms with E-state index < -0.39 is 5.60 Å². The summed E-state index contributed by atoms with van der Waals surface area (Å²) in [5, 5.41) is 5.51. The molecule has 198 valence electrons. The van der Waals surface area contributed by atoms with Crippen molar-refractivity contribution in [1.82, 2.24) is 10.2 Å². The number of amides is 1. The Balaban J connectivity index is 1.47. The molecule has 6 heteroatoms. The Morgan fingerprint density at radius 1 is 1.08 bits per heavy atom. The van der Waals surface area contributed by atoms with Crippen molar-refractivity contribution in [2.45, 2.75) is 49.7 Å². The third kappa shape index (κ3) is 4.86. The first kappa shape index (κ1) is 26.1. The fraction of sp³-hybridized carbons (Fsp3) is 0.375. The summed E-state index contributed by atoms with van der Waals surface area (Å²) in [6, 6.07) is 21.7. The maximum Gasteiger partial charge on any atom is 0.308 e. The van der Waals surface area contributed by atoms with E-state index in [-0.39, 0.29) is 23.3 Å². The number of rotatable bonds is 7. The highest BCUT2D eigenvalue weighted by Crippen LogP contribution is 2.53. The largest absolute Gasteiger partial charge is 0.427 e. The van der Waals surface area contributed by atoms with Crippen molar-refractivity contribution >= 4 is 22.6 Å². The number of esters is 1. The molecule has 2 aliphatic rings. The van der Waals surface area contributed by atoms with Crippen LogP contribution in [-0.4, -0.2) is 55.2 Å². The monoisotopic (exact) mass is 512 g/mol. The van der Waals surface area contributed by atoms with Crippen LogP contribution in [0.5, 0.6) is 5.75 Å². The molecule has 2 fully saturated rings. The van der Waals surface area contributed by atoms with Crippen molar-refractivity contribution in [3.63, 3.8) is 0 Å². The number of hydrogen-bond acceptors (Lipinski definition) is 5. The zero-order chi connectivity index (χ0) is 26.8. The molecule has 0 aromatic heterocycles. The summed E-state index contributed by atoms with van der Waals surface area (Å²) in [5.74, 6) is 0.131. The first-order valence-electron chi connectivity index (χ1n) is 13.4. The minimum Gasteiger partial charge on any atom is -0.427 e. The molecular weight excluding hydrogens is 476 g/mol. The summed E-state index contributed by atoms with van der Waals surface area (Å²) in [7, 11) is 1.80. The number of ether oxygens (including phenoxy) is 2. The van der Waals surface area contributed by atoms with Crippen LogP contribution in [0.4, 0.5) is 0 Å². The second-order valence-electron chi connectivity index (χ2n) is 10.7. The van der Waals surface area contributed by atoms with Gasteiger partial charge in [-0.25, -0.2) is 0 Å². The van der Waals surface area contributed by atoms with E-state index in [9.17, 15) is 9.59 Å². The van der Waals surface area contributed by atoms with Gasteiger partial charge in [-0.3, -0.25) is 14.5 Å². The maximum absolute atomic E-state index is 13.4. The number of carbonyl (C=O) groups is 2. The third-order valence-electron chi connectivity index (χ3n) is 8.47. The van der Waals surface area contributed by atoms with E-state index >= 15 is 0 Å². The van der Waals surface area contributed by atoms with Crippen LogP contribution in [0.25, 0.3) is 10.8 Å². The molecule has 6 nitrogen and oxygen atoms in total. The summed E-state index contributed by atoms with van der Waals surface area (Å²) < 4.78 is 11.9. The topological polar surface area (TPSA) is 67.9 Å². The van der Waals surface area contributed by atoms with Gasteiger partial charge in [-0.2, -0.15) is 0 Å². The van der Waals surface area contributed by atoms with Crippen molar-refractivity contribution in [3.05, 3.63) is 90.5 Å². The van der Waals surface area contributed by atoms with Gasteiger partial charge < -0.3 is 14.8 Å². The summed E-state index contributed by atoms with van der Waals surface area (Å²) in [6.07, 6.45) is 5.16. The predicted octanol–water partition coefficient (Wildman–Crippen LogP) is 5.26. The molecular formula is C32H36N2O4. The van der Waals surface area contributed by atoms with Crippen molar-refractivity contribution in [2.24, 2.45) is 0 Å². The van der Waals surface area contributed by atoms with E-state index in [1.165, 1.54) is 6.92 Å². The molecule has 0 bridgehead atoms. The highest BCUT2D eigenvalue weighted by atomic mass is 16.5. The fourth-order valence-electron chi connectivity index (χ4n) is 6.68. The lowest BCUT2D eigenvalue weighted by Gasteiger charge is -2.59. The maximum atomic E-state index is 13.4. The van der Waals surface area contributed by atoms with Gasteiger partial charge in [-0.05, 0) is 72.8 Å². The number of methoxy groups -OCH3 is 1. The van der Waals surface area contributed by atoms with Crippen LogP contribution in [0, 0.1) is 0 Å². The molecule has 1 heterocycles. The third-order valence-corrected chi connectivity index (χ3v) is 8.47. The summed E-state index contributed by atoms with van der Waals surface area (Å²) in [4.78, 5) is 27.5. The number of benzene rings is 3. The molecule has 0 spiro atoms. The van der Waals surface area contributed by atoms with E-state index in [1.807, 2.05) is 60.7 Å². The number of carbonyl (C=O) groups excluding carboxylic acids is 2. The van der Waals surface area contributed by atoms with Crippen LogP contribution in [0.2, 0.25) is 0 Å². The number of nitrogens with zero attached hydrogens (tertiary/aromatic N) is 1. The minimum absolute atomic E-state index is 0.0134. The molecule has 1 aliphatic carbocycles. The predicted molar refractivity (Wildman–Crippen MR) is 149 cm³/mol. The molecule has 1 aliphatic heterocycles. The molecule has 1 N–H and O–H groups in total. The van der Waals surface area contributed by atoms with Crippen molar-refractivity contribution < 1.29 is 19.1 Å². The first-order valence-corrected chi connectivity index (χ1v) is 13.4. The minimum atomic E-state index is -0.437. The lowest BCUT2D eigenvalue weighted by Crippen LogP contribution is -2.68. The Morgan fingerprint density at radius 2 is 1.89 bits per heavy atom. The molecule has 1 saturated heterocycles. The van der Waals surface area contributed by atoms with Crippen molar-refractivity contribution in [1.29, 1.82) is 0 Å². The van der Waals surface area contributed by atoms with Gasteiger partial charge in [-0.1, -0.05) is 48.5 Å². The van der Waals surface area contributed by atoms with Crippen LogP contribution < -0.4 is 10.1 Å². The van der Waals surface area contributed by atoms with Gasteiger partial charge in [-0.15, -0.1) is 6.58 Å². The van der Waals surface area contributed by atoms with Crippen LogP contribution in [0.1, 0.15) is 48.5 Å². The van der Waals surface area contributed by atoms with Gasteiger partial charge in [0.2, 0.25) is 0 Å². The highest BCUT2D eigenvalue weighted by Gasteiger charge is 2.59. The number of likely N-dealkylation sites (tertiary alicyclic amines) is 1. The van der Waals surface area contributed by atoms with Gasteiger partial charge in [0.1, 0.15) is 5.75 Å². The molecule has 1 amide bonds. The molecule has 3 atom stereocenters. The standard InChI is InChI=1S/C32H36N2O4/c1-4-17-34-18-16-31(27-10-7-11-29(20-27)38-23(2)35)21-28(14-15-32(31,22-34)37-3)33-30(36)26-13-12-24-8-5-6-9-25(24)19-26/h4-13,19-20,28H,1,14-18,21-22H2,2-3H3,(H,33,36). The number of hydrogen-bond donors (Lipinski definition) is 1. The van der Waals surface area contributed by atoms with Crippen molar-refractivity contribution in [2.75, 3.05) is 26.7 Å². The molecule has 0 radical (unpaired) electrons. The normalized spacial score (nSPS) is 25.4. The molecule has 3 aromatic carbocycles. The molecule has 1 saturated carbocycles. The van der Waals surface area contributed by atoms with Gasteiger partial charge in [0.05, 0.1) is 5.60 Å². The molecule has 3 unspecified atom stereocenters. The summed E-state index contributed by atoms with van der Waals surface area (Å²) in [6.45, 7) is 7.82. The fourth-order valence-corrected chi connectivity index (χ4v) is 6.68. The smallest absolute Gasteiger partial charge is 0.308 e. The Hall–Kier alpha value is -3.48. The summed E-state index contributed by atoms with van der Waals surface area (Å²) in [5.41, 5.74) is 0.961. The van der Waals surface area contributed by atoms with Crippen molar-refractivity contribution in [3.8, 4) is 5.75 Å². The van der Waals surface area contributed by atoms with E-state index in [1.54, 1.807) is 7.11 Å². The lowest BCUT2D eigenvalue weighted by atomic mass is 9.55.